The van der Waals surface area contributed by atoms with Gasteiger partial charge in [-0.1, -0.05) is 88.0 Å². The molecule has 0 aromatic heterocycles. The summed E-state index contributed by atoms with van der Waals surface area (Å²) in [6, 6.07) is 20.8. The van der Waals surface area contributed by atoms with Crippen molar-refractivity contribution in [1.29, 1.82) is 0 Å². The monoisotopic (exact) mass is 394 g/mol. The van der Waals surface area contributed by atoms with E-state index < -0.39 is 20.4 Å². The van der Waals surface area contributed by atoms with Crippen molar-refractivity contribution in [3.63, 3.8) is 0 Å². The molecule has 0 spiro atoms. The highest BCUT2D eigenvalue weighted by atomic mass is 28.4. The van der Waals surface area contributed by atoms with E-state index in [0.717, 1.165) is 5.57 Å². The van der Waals surface area contributed by atoms with Gasteiger partial charge >= 0.3 is 5.97 Å². The number of benzene rings is 2. The van der Waals surface area contributed by atoms with Gasteiger partial charge in [0.15, 0.2) is 0 Å². The van der Waals surface area contributed by atoms with E-state index in [1.807, 2.05) is 19.1 Å². The van der Waals surface area contributed by atoms with Gasteiger partial charge in [0, 0.05) is 6.08 Å². The molecule has 1 unspecified atom stereocenters. The van der Waals surface area contributed by atoms with Gasteiger partial charge < -0.3 is 9.16 Å². The van der Waals surface area contributed by atoms with Crippen LogP contribution in [0, 0.1) is 0 Å². The van der Waals surface area contributed by atoms with Crippen LogP contribution in [0.4, 0.5) is 0 Å². The smallest absolute Gasteiger partial charge is 0.330 e. The molecule has 2 aromatic carbocycles. The highest BCUT2D eigenvalue weighted by Crippen LogP contribution is 2.38. The third kappa shape index (κ3) is 4.69. The Hall–Kier alpha value is -2.43. The van der Waals surface area contributed by atoms with Crippen LogP contribution in [0.15, 0.2) is 85.0 Å². The Morgan fingerprint density at radius 3 is 1.82 bits per heavy atom. The predicted octanol–water partition coefficient (Wildman–Crippen LogP) is 4.24. The molecule has 0 fully saturated rings. The number of hydrogen-bond acceptors (Lipinski definition) is 3. The summed E-state index contributed by atoms with van der Waals surface area (Å²) in [4.78, 5) is 11.7. The molecular formula is C24H30O3Si. The van der Waals surface area contributed by atoms with Crippen LogP contribution in [0.1, 0.15) is 27.7 Å². The van der Waals surface area contributed by atoms with E-state index in [4.69, 9.17) is 9.16 Å². The van der Waals surface area contributed by atoms with Gasteiger partial charge in [0.1, 0.15) is 0 Å². The van der Waals surface area contributed by atoms with Crippen molar-refractivity contribution in [2.45, 2.75) is 38.8 Å². The number of carbonyl (C=O) groups excluding carboxylic acids is 1. The van der Waals surface area contributed by atoms with Crippen LogP contribution in [-0.4, -0.2) is 27.5 Å². The molecule has 0 aliphatic carbocycles. The van der Waals surface area contributed by atoms with E-state index in [0.29, 0.717) is 0 Å². The maximum absolute atomic E-state index is 11.7. The van der Waals surface area contributed by atoms with Crippen LogP contribution in [0.2, 0.25) is 5.04 Å². The predicted molar refractivity (Wildman–Crippen MR) is 118 cm³/mol. The molecule has 0 saturated heterocycles. The zero-order valence-corrected chi connectivity index (χ0v) is 18.4. The second kappa shape index (κ2) is 9.17. The lowest BCUT2D eigenvalue weighted by Gasteiger charge is -2.45. The average Bonchev–Trinajstić information content (AvgIpc) is 2.68. The molecule has 0 N–H and O–H groups in total. The fourth-order valence-electron chi connectivity index (χ4n) is 3.42. The molecule has 1 atom stereocenters. The minimum absolute atomic E-state index is 0.150. The highest BCUT2D eigenvalue weighted by molar-refractivity contribution is 6.99. The van der Waals surface area contributed by atoms with E-state index in [1.165, 1.54) is 23.6 Å². The lowest BCUT2D eigenvalue weighted by Crippen LogP contribution is -2.67. The number of ether oxygens (including phenoxy) is 1. The van der Waals surface area contributed by atoms with Crippen LogP contribution in [0.25, 0.3) is 0 Å². The maximum atomic E-state index is 11.7. The summed E-state index contributed by atoms with van der Waals surface area (Å²) in [6.07, 6.45) is 2.76. The molecule has 0 aliphatic heterocycles. The fraction of sp³-hybridized carbons (Fsp3) is 0.292. The molecule has 0 aliphatic rings. The van der Waals surface area contributed by atoms with Gasteiger partial charge in [0.05, 0.1) is 13.2 Å². The summed E-state index contributed by atoms with van der Waals surface area (Å²) in [5.74, 6) is -0.405. The second-order valence-corrected chi connectivity index (χ2v) is 12.2. The number of esters is 1. The van der Waals surface area contributed by atoms with Crippen LogP contribution in [0.5, 0.6) is 0 Å². The van der Waals surface area contributed by atoms with E-state index in [9.17, 15) is 4.79 Å². The molecule has 28 heavy (non-hydrogen) atoms. The standard InChI is InChI=1S/C24H30O3Si/c1-19(2)22(17-18-23(25)26-6)27-28(24(3,4)5,20-13-9-7-10-14-20)21-15-11-8-12-16-21/h7-18,22H,1H2,2-6H3/b18-17+. The van der Waals surface area contributed by atoms with Gasteiger partial charge in [-0.3, -0.25) is 0 Å². The second-order valence-electron chi connectivity index (χ2n) is 7.93. The van der Waals surface area contributed by atoms with Gasteiger partial charge in [0.2, 0.25) is 0 Å². The van der Waals surface area contributed by atoms with Crippen LogP contribution in [0.3, 0.4) is 0 Å². The van der Waals surface area contributed by atoms with Crippen molar-refractivity contribution in [3.05, 3.63) is 85.0 Å². The van der Waals surface area contributed by atoms with E-state index >= 15 is 0 Å². The summed E-state index contributed by atoms with van der Waals surface area (Å²) < 4.78 is 11.7. The molecule has 0 heterocycles. The van der Waals surface area contributed by atoms with Gasteiger partial charge in [0.25, 0.3) is 8.32 Å². The van der Waals surface area contributed by atoms with Crippen LogP contribution >= 0.6 is 0 Å². The maximum Gasteiger partial charge on any atom is 0.330 e. The molecule has 3 nitrogen and oxygen atoms in total. The largest absolute Gasteiger partial charge is 0.466 e. The number of hydrogen-bond donors (Lipinski definition) is 0. The van der Waals surface area contributed by atoms with Crippen molar-refractivity contribution in [2.75, 3.05) is 7.11 Å². The molecular weight excluding hydrogens is 364 g/mol. The molecule has 0 amide bonds. The molecule has 4 heteroatoms. The first-order chi connectivity index (χ1) is 13.2. The Bertz CT molecular complexity index is 780. The van der Waals surface area contributed by atoms with Crippen molar-refractivity contribution >= 4 is 24.7 Å². The van der Waals surface area contributed by atoms with Crippen LogP contribution in [-0.2, 0) is 14.0 Å². The normalized spacial score (nSPS) is 13.3. The molecule has 2 rings (SSSR count). The number of rotatable bonds is 7. The van der Waals surface area contributed by atoms with E-state index in [1.54, 1.807) is 6.08 Å². The summed E-state index contributed by atoms with van der Waals surface area (Å²) in [7, 11) is -1.36. The molecule has 2 aromatic rings. The van der Waals surface area contributed by atoms with E-state index in [2.05, 4.69) is 75.9 Å². The van der Waals surface area contributed by atoms with Gasteiger partial charge in [-0.25, -0.2) is 4.79 Å². The lowest BCUT2D eigenvalue weighted by atomic mass is 10.2. The number of carbonyl (C=O) groups is 1. The first kappa shape index (κ1) is 21.9. The molecule has 0 bridgehead atoms. The van der Waals surface area contributed by atoms with Crippen molar-refractivity contribution < 1.29 is 14.0 Å². The van der Waals surface area contributed by atoms with Gasteiger partial charge in [-0.15, -0.1) is 0 Å². The minimum Gasteiger partial charge on any atom is -0.466 e. The Labute approximate surface area is 169 Å². The third-order valence-corrected chi connectivity index (χ3v) is 9.83. The van der Waals surface area contributed by atoms with E-state index in [-0.39, 0.29) is 5.04 Å². The lowest BCUT2D eigenvalue weighted by molar-refractivity contribution is -0.134. The van der Waals surface area contributed by atoms with Crippen LogP contribution < -0.4 is 10.4 Å². The third-order valence-electron chi connectivity index (χ3n) is 4.81. The van der Waals surface area contributed by atoms with Gasteiger partial charge in [-0.2, -0.15) is 0 Å². The Morgan fingerprint density at radius 2 is 1.46 bits per heavy atom. The Balaban J connectivity index is 2.68. The van der Waals surface area contributed by atoms with Crippen molar-refractivity contribution in [1.82, 2.24) is 0 Å². The Kier molecular flexibility index (Phi) is 7.16. The minimum atomic E-state index is -2.72. The zero-order chi connectivity index (χ0) is 20.8. The van der Waals surface area contributed by atoms with Crippen molar-refractivity contribution in [2.24, 2.45) is 0 Å². The first-order valence-corrected chi connectivity index (χ1v) is 11.3. The summed E-state index contributed by atoms with van der Waals surface area (Å²) in [5, 5.41) is 2.22. The number of methoxy groups -OCH3 is 1. The average molecular weight is 395 g/mol. The summed E-state index contributed by atoms with van der Waals surface area (Å²) in [6.45, 7) is 12.7. The highest BCUT2D eigenvalue weighted by Gasteiger charge is 2.51. The SMILES string of the molecule is C=C(C)C(/C=C/C(=O)OC)O[Si](c1ccccc1)(c1ccccc1)C(C)(C)C. The topological polar surface area (TPSA) is 35.5 Å². The molecule has 148 valence electrons. The summed E-state index contributed by atoms with van der Waals surface area (Å²) in [5.41, 5.74) is 0.841. The zero-order valence-electron chi connectivity index (χ0n) is 17.4. The molecule has 0 saturated carbocycles. The quantitative estimate of drug-likeness (QED) is 0.305. The van der Waals surface area contributed by atoms with Gasteiger partial charge in [-0.05, 0) is 34.0 Å². The fourth-order valence-corrected chi connectivity index (χ4v) is 8.10. The molecule has 0 radical (unpaired) electrons. The summed E-state index contributed by atoms with van der Waals surface area (Å²) >= 11 is 0. The Morgan fingerprint density at radius 1 is 1.00 bits per heavy atom. The van der Waals surface area contributed by atoms with Crippen molar-refractivity contribution in [3.8, 4) is 0 Å². The first-order valence-electron chi connectivity index (χ1n) is 9.43.